The van der Waals surface area contributed by atoms with E-state index in [1.165, 1.54) is 7.11 Å². The van der Waals surface area contributed by atoms with Gasteiger partial charge in [-0.05, 0) is 18.8 Å². The monoisotopic (exact) mass is 210 g/mol. The molecule has 0 aromatic heterocycles. The van der Waals surface area contributed by atoms with Crippen LogP contribution in [-0.2, 0) is 19.1 Å². The van der Waals surface area contributed by atoms with E-state index < -0.39 is 0 Å². The first-order chi connectivity index (χ1) is 7.24. The van der Waals surface area contributed by atoms with E-state index in [-0.39, 0.29) is 29.7 Å². The zero-order valence-electron chi connectivity index (χ0n) is 8.64. The van der Waals surface area contributed by atoms with Crippen LogP contribution in [0.5, 0.6) is 0 Å². The minimum atomic E-state index is -0.363. The van der Waals surface area contributed by atoms with Crippen molar-refractivity contribution >= 4 is 11.9 Å². The molecule has 0 unspecified atom stereocenters. The summed E-state index contributed by atoms with van der Waals surface area (Å²) >= 11 is 0. The van der Waals surface area contributed by atoms with E-state index in [0.29, 0.717) is 13.0 Å². The summed E-state index contributed by atoms with van der Waals surface area (Å²) in [5, 5.41) is 0. The van der Waals surface area contributed by atoms with E-state index in [2.05, 4.69) is 0 Å². The number of methoxy groups -OCH3 is 1. The van der Waals surface area contributed by atoms with Crippen LogP contribution in [0.1, 0.15) is 12.8 Å². The molecule has 3 atom stereocenters. The van der Waals surface area contributed by atoms with E-state index in [1.54, 1.807) is 0 Å². The maximum Gasteiger partial charge on any atom is 0.310 e. The second kappa shape index (κ2) is 4.04. The number of ether oxygens (including phenoxy) is 2. The average Bonchev–Trinajstić information content (AvgIpc) is 2.28. The standard InChI is InChI=1S/C11H14O4/c1-14-10(12)8-4-2-3-7-5-6-15-11(13)9(7)8/h2-3,7-9H,4-6H2,1H3/t7-,8-,9+/m1/s1. The lowest BCUT2D eigenvalue weighted by molar-refractivity contribution is -0.166. The molecule has 1 fully saturated rings. The Hall–Kier alpha value is -1.32. The Morgan fingerprint density at radius 3 is 3.13 bits per heavy atom. The fraction of sp³-hybridized carbons (Fsp3) is 0.636. The lowest BCUT2D eigenvalue weighted by Crippen LogP contribution is -2.41. The van der Waals surface area contributed by atoms with Crippen molar-refractivity contribution in [3.05, 3.63) is 12.2 Å². The average molecular weight is 210 g/mol. The van der Waals surface area contributed by atoms with Gasteiger partial charge in [0.2, 0.25) is 0 Å². The molecule has 0 aromatic carbocycles. The Labute approximate surface area is 88.2 Å². The highest BCUT2D eigenvalue weighted by Crippen LogP contribution is 2.36. The summed E-state index contributed by atoms with van der Waals surface area (Å²) in [4.78, 5) is 23.1. The maximum atomic E-state index is 11.6. The van der Waals surface area contributed by atoms with Crippen molar-refractivity contribution in [1.29, 1.82) is 0 Å². The van der Waals surface area contributed by atoms with Gasteiger partial charge in [0.15, 0.2) is 0 Å². The molecule has 0 bridgehead atoms. The van der Waals surface area contributed by atoms with Crippen LogP contribution in [0.3, 0.4) is 0 Å². The van der Waals surface area contributed by atoms with E-state index in [4.69, 9.17) is 9.47 Å². The smallest absolute Gasteiger partial charge is 0.310 e. The van der Waals surface area contributed by atoms with Crippen molar-refractivity contribution in [1.82, 2.24) is 0 Å². The highest BCUT2D eigenvalue weighted by molar-refractivity contribution is 5.83. The van der Waals surface area contributed by atoms with Crippen LogP contribution < -0.4 is 0 Å². The number of esters is 2. The van der Waals surface area contributed by atoms with Gasteiger partial charge in [0.1, 0.15) is 0 Å². The first kappa shape index (κ1) is 10.2. The van der Waals surface area contributed by atoms with Gasteiger partial charge in [-0.2, -0.15) is 0 Å². The number of fused-ring (bicyclic) bond motifs is 1. The summed E-state index contributed by atoms with van der Waals surface area (Å²) < 4.78 is 9.70. The Morgan fingerprint density at radius 1 is 1.60 bits per heavy atom. The first-order valence-electron chi connectivity index (χ1n) is 5.15. The normalized spacial score (nSPS) is 34.2. The van der Waals surface area contributed by atoms with Gasteiger partial charge >= 0.3 is 11.9 Å². The minimum Gasteiger partial charge on any atom is -0.469 e. The summed E-state index contributed by atoms with van der Waals surface area (Å²) in [7, 11) is 1.35. The van der Waals surface area contributed by atoms with Gasteiger partial charge in [0, 0.05) is 0 Å². The molecule has 4 heteroatoms. The summed E-state index contributed by atoms with van der Waals surface area (Å²) in [6.45, 7) is 0.457. The molecular weight excluding hydrogens is 196 g/mol. The van der Waals surface area contributed by atoms with Crippen LogP contribution in [0.2, 0.25) is 0 Å². The van der Waals surface area contributed by atoms with Crippen LogP contribution in [0.25, 0.3) is 0 Å². The van der Waals surface area contributed by atoms with Crippen LogP contribution in [0.15, 0.2) is 12.2 Å². The highest BCUT2D eigenvalue weighted by atomic mass is 16.5. The molecule has 0 saturated carbocycles. The molecule has 4 nitrogen and oxygen atoms in total. The summed E-state index contributed by atoms with van der Waals surface area (Å²) in [5.41, 5.74) is 0. The van der Waals surface area contributed by atoms with Crippen molar-refractivity contribution in [2.45, 2.75) is 12.8 Å². The predicted octanol–water partition coefficient (Wildman–Crippen LogP) is 0.915. The van der Waals surface area contributed by atoms with E-state index in [9.17, 15) is 9.59 Å². The van der Waals surface area contributed by atoms with Crippen LogP contribution >= 0.6 is 0 Å². The fourth-order valence-electron chi connectivity index (χ4n) is 2.37. The molecule has 1 aliphatic carbocycles. The number of hydrogen-bond acceptors (Lipinski definition) is 4. The molecular formula is C11H14O4. The first-order valence-corrected chi connectivity index (χ1v) is 5.15. The Kier molecular flexibility index (Phi) is 2.75. The van der Waals surface area contributed by atoms with Gasteiger partial charge in [-0.1, -0.05) is 12.2 Å². The number of carbonyl (C=O) groups is 2. The van der Waals surface area contributed by atoms with Gasteiger partial charge in [-0.15, -0.1) is 0 Å². The van der Waals surface area contributed by atoms with Crippen molar-refractivity contribution in [3.63, 3.8) is 0 Å². The second-order valence-electron chi connectivity index (χ2n) is 3.94. The molecule has 82 valence electrons. The van der Waals surface area contributed by atoms with Gasteiger partial charge in [-0.3, -0.25) is 9.59 Å². The molecule has 15 heavy (non-hydrogen) atoms. The highest BCUT2D eigenvalue weighted by Gasteiger charge is 2.43. The van der Waals surface area contributed by atoms with Crippen molar-refractivity contribution < 1.29 is 19.1 Å². The summed E-state index contributed by atoms with van der Waals surface area (Å²) in [5.74, 6) is -1.13. The lowest BCUT2D eigenvalue weighted by atomic mass is 9.73. The van der Waals surface area contributed by atoms with Crippen molar-refractivity contribution in [2.75, 3.05) is 13.7 Å². The molecule has 2 aliphatic rings. The molecule has 0 spiro atoms. The lowest BCUT2D eigenvalue weighted by Gasteiger charge is -2.34. The van der Waals surface area contributed by atoms with E-state index in [0.717, 1.165) is 6.42 Å². The molecule has 1 saturated heterocycles. The number of allylic oxidation sites excluding steroid dienone is 2. The predicted molar refractivity (Wildman–Crippen MR) is 51.8 cm³/mol. The van der Waals surface area contributed by atoms with Crippen molar-refractivity contribution in [2.24, 2.45) is 17.8 Å². The zero-order valence-corrected chi connectivity index (χ0v) is 8.64. The molecule has 0 amide bonds. The molecule has 0 N–H and O–H groups in total. The molecule has 2 rings (SSSR count). The van der Waals surface area contributed by atoms with Crippen LogP contribution in [-0.4, -0.2) is 25.7 Å². The maximum absolute atomic E-state index is 11.6. The molecule has 0 aromatic rings. The molecule has 0 radical (unpaired) electrons. The van der Waals surface area contributed by atoms with Crippen LogP contribution in [0.4, 0.5) is 0 Å². The fourth-order valence-corrected chi connectivity index (χ4v) is 2.37. The number of carbonyl (C=O) groups excluding carboxylic acids is 2. The second-order valence-corrected chi connectivity index (χ2v) is 3.94. The largest absolute Gasteiger partial charge is 0.469 e. The van der Waals surface area contributed by atoms with Gasteiger partial charge < -0.3 is 9.47 Å². The number of rotatable bonds is 1. The number of hydrogen-bond donors (Lipinski definition) is 0. The van der Waals surface area contributed by atoms with E-state index in [1.807, 2.05) is 12.2 Å². The third kappa shape index (κ3) is 1.76. The topological polar surface area (TPSA) is 52.6 Å². The minimum absolute atomic E-state index is 0.143. The third-order valence-corrected chi connectivity index (χ3v) is 3.14. The van der Waals surface area contributed by atoms with Crippen LogP contribution in [0, 0.1) is 17.8 Å². The third-order valence-electron chi connectivity index (χ3n) is 3.14. The summed E-state index contributed by atoms with van der Waals surface area (Å²) in [6, 6.07) is 0. The summed E-state index contributed by atoms with van der Waals surface area (Å²) in [6.07, 6.45) is 5.36. The Morgan fingerprint density at radius 2 is 2.40 bits per heavy atom. The number of cyclic esters (lactones) is 1. The Bertz CT molecular complexity index is 308. The van der Waals surface area contributed by atoms with Gasteiger partial charge in [0.05, 0.1) is 25.6 Å². The SMILES string of the molecule is COC(=O)[C@@H]1CC=C[C@@H]2CCOC(=O)[C@@H]21. The van der Waals surface area contributed by atoms with Gasteiger partial charge in [-0.25, -0.2) is 0 Å². The molecule has 1 aliphatic heterocycles. The zero-order chi connectivity index (χ0) is 10.8. The quantitative estimate of drug-likeness (QED) is 0.477. The van der Waals surface area contributed by atoms with Crippen molar-refractivity contribution in [3.8, 4) is 0 Å². The van der Waals surface area contributed by atoms with Gasteiger partial charge in [0.25, 0.3) is 0 Å². The van der Waals surface area contributed by atoms with E-state index >= 15 is 0 Å². The Balaban J connectivity index is 2.22. The molecule has 1 heterocycles.